The molecule has 3 rings (SSSR count). The van der Waals surface area contributed by atoms with Crippen LogP contribution >= 0.6 is 0 Å². The van der Waals surface area contributed by atoms with Crippen LogP contribution in [0, 0.1) is 6.92 Å². The molecule has 1 saturated carbocycles. The lowest BCUT2D eigenvalue weighted by Gasteiger charge is -2.23. The molecule has 2 aromatic heterocycles. The molecule has 0 radical (unpaired) electrons. The molecule has 0 saturated heterocycles. The first-order valence-corrected chi connectivity index (χ1v) is 7.22. The Balaban J connectivity index is 1.89. The normalized spacial score (nSPS) is 18.7. The molecule has 106 valence electrons. The number of nitrogens with two attached hydrogens (primary N) is 1. The molecule has 1 aliphatic carbocycles. The third-order valence-electron chi connectivity index (χ3n) is 3.99. The molecule has 0 atom stereocenters. The van der Waals surface area contributed by atoms with Crippen molar-refractivity contribution in [2.45, 2.75) is 51.0 Å². The molecule has 0 spiro atoms. The number of aryl methyl sites for hydroxylation is 1. The van der Waals surface area contributed by atoms with E-state index < -0.39 is 5.54 Å². The molecule has 0 amide bonds. The number of nitrogens with zero attached hydrogens (tertiary/aromatic N) is 3. The van der Waals surface area contributed by atoms with Crippen molar-refractivity contribution < 1.29 is 4.52 Å². The molecule has 2 heterocycles. The zero-order chi connectivity index (χ0) is 14.0. The van der Waals surface area contributed by atoms with Gasteiger partial charge in [-0.3, -0.25) is 4.98 Å². The maximum atomic E-state index is 6.50. The molecule has 1 aliphatic rings. The van der Waals surface area contributed by atoms with Gasteiger partial charge in [0.05, 0.1) is 11.1 Å². The van der Waals surface area contributed by atoms with Crippen LogP contribution in [-0.2, 0) is 5.54 Å². The van der Waals surface area contributed by atoms with Gasteiger partial charge in [-0.15, -0.1) is 0 Å². The van der Waals surface area contributed by atoms with Crippen molar-refractivity contribution in [3.8, 4) is 11.5 Å². The highest BCUT2D eigenvalue weighted by molar-refractivity contribution is 5.52. The lowest BCUT2D eigenvalue weighted by molar-refractivity contribution is 0.334. The number of hydrogen-bond donors (Lipinski definition) is 1. The van der Waals surface area contributed by atoms with Crippen LogP contribution in [-0.4, -0.2) is 15.1 Å². The Bertz CT molecular complexity index is 585. The van der Waals surface area contributed by atoms with Gasteiger partial charge in [0.1, 0.15) is 0 Å². The average Bonchev–Trinajstić information content (AvgIpc) is 2.84. The minimum Gasteiger partial charge on any atom is -0.334 e. The maximum Gasteiger partial charge on any atom is 0.259 e. The predicted octanol–water partition coefficient (Wildman–Crippen LogP) is 2.95. The van der Waals surface area contributed by atoms with Crippen LogP contribution in [0.5, 0.6) is 0 Å². The number of hydrogen-bond acceptors (Lipinski definition) is 5. The molecule has 20 heavy (non-hydrogen) atoms. The van der Waals surface area contributed by atoms with Gasteiger partial charge in [-0.05, 0) is 31.4 Å². The molecular weight excluding hydrogens is 252 g/mol. The zero-order valence-electron chi connectivity index (χ0n) is 11.8. The maximum absolute atomic E-state index is 6.50. The summed E-state index contributed by atoms with van der Waals surface area (Å²) in [4.78, 5) is 8.67. The second-order valence-corrected chi connectivity index (χ2v) is 5.74. The minimum absolute atomic E-state index is 0.435. The quantitative estimate of drug-likeness (QED) is 0.850. The molecular formula is C15H20N4O. The molecule has 0 aromatic carbocycles. The van der Waals surface area contributed by atoms with Crippen molar-refractivity contribution in [1.82, 2.24) is 15.1 Å². The van der Waals surface area contributed by atoms with Crippen LogP contribution in [0.15, 0.2) is 23.0 Å². The predicted molar refractivity (Wildman–Crippen MR) is 75.8 cm³/mol. The van der Waals surface area contributed by atoms with Crippen molar-refractivity contribution in [3.05, 3.63) is 29.8 Å². The van der Waals surface area contributed by atoms with E-state index >= 15 is 0 Å². The van der Waals surface area contributed by atoms with E-state index in [9.17, 15) is 0 Å². The minimum atomic E-state index is -0.435. The summed E-state index contributed by atoms with van der Waals surface area (Å²) in [6, 6.07) is 1.99. The third kappa shape index (κ3) is 2.58. The van der Waals surface area contributed by atoms with Crippen molar-refractivity contribution in [1.29, 1.82) is 0 Å². The molecule has 5 nitrogen and oxygen atoms in total. The van der Waals surface area contributed by atoms with Crippen LogP contribution in [0.1, 0.15) is 49.9 Å². The van der Waals surface area contributed by atoms with Crippen molar-refractivity contribution in [2.75, 3.05) is 0 Å². The lowest BCUT2D eigenvalue weighted by atomic mass is 9.91. The van der Waals surface area contributed by atoms with Crippen LogP contribution in [0.3, 0.4) is 0 Å². The highest BCUT2D eigenvalue weighted by Crippen LogP contribution is 2.33. The summed E-state index contributed by atoms with van der Waals surface area (Å²) < 4.78 is 5.38. The van der Waals surface area contributed by atoms with Crippen LogP contribution in [0.2, 0.25) is 0 Å². The van der Waals surface area contributed by atoms with Gasteiger partial charge >= 0.3 is 0 Å². The Hall–Kier alpha value is -1.75. The van der Waals surface area contributed by atoms with Gasteiger partial charge in [0, 0.05) is 12.4 Å². The largest absolute Gasteiger partial charge is 0.334 e. The second-order valence-electron chi connectivity index (χ2n) is 5.74. The topological polar surface area (TPSA) is 77.8 Å². The molecule has 2 N–H and O–H groups in total. The van der Waals surface area contributed by atoms with Crippen LogP contribution < -0.4 is 5.73 Å². The van der Waals surface area contributed by atoms with E-state index in [2.05, 4.69) is 15.1 Å². The van der Waals surface area contributed by atoms with E-state index in [0.717, 1.165) is 36.8 Å². The molecule has 0 aliphatic heterocycles. The van der Waals surface area contributed by atoms with E-state index in [4.69, 9.17) is 10.3 Å². The van der Waals surface area contributed by atoms with Gasteiger partial charge in [-0.2, -0.15) is 4.98 Å². The third-order valence-corrected chi connectivity index (χ3v) is 3.99. The van der Waals surface area contributed by atoms with E-state index in [1.165, 1.54) is 12.8 Å². The van der Waals surface area contributed by atoms with Gasteiger partial charge < -0.3 is 10.3 Å². The highest BCUT2D eigenvalue weighted by atomic mass is 16.5. The van der Waals surface area contributed by atoms with Crippen LogP contribution in [0.4, 0.5) is 0 Å². The summed E-state index contributed by atoms with van der Waals surface area (Å²) in [5, 5.41) is 4.12. The first kappa shape index (κ1) is 13.2. The van der Waals surface area contributed by atoms with E-state index in [0.29, 0.717) is 11.7 Å². The van der Waals surface area contributed by atoms with Crippen molar-refractivity contribution in [3.63, 3.8) is 0 Å². The van der Waals surface area contributed by atoms with Gasteiger partial charge in [-0.25, -0.2) is 0 Å². The first-order chi connectivity index (χ1) is 9.67. The Morgan fingerprint density at radius 1 is 1.15 bits per heavy atom. The summed E-state index contributed by atoms with van der Waals surface area (Å²) >= 11 is 0. The fourth-order valence-electron chi connectivity index (χ4n) is 2.80. The van der Waals surface area contributed by atoms with E-state index in [1.807, 2.05) is 13.0 Å². The molecule has 2 aromatic rings. The summed E-state index contributed by atoms with van der Waals surface area (Å²) in [5.74, 6) is 1.14. The van der Waals surface area contributed by atoms with Gasteiger partial charge in [0.15, 0.2) is 5.82 Å². The Morgan fingerprint density at radius 2 is 1.90 bits per heavy atom. The van der Waals surface area contributed by atoms with Gasteiger partial charge in [0.25, 0.3) is 5.89 Å². The Kier molecular flexibility index (Phi) is 3.53. The number of aromatic nitrogens is 3. The van der Waals surface area contributed by atoms with Crippen molar-refractivity contribution >= 4 is 0 Å². The lowest BCUT2D eigenvalue weighted by Crippen LogP contribution is -2.37. The molecule has 0 unspecified atom stereocenters. The smallest absolute Gasteiger partial charge is 0.259 e. The monoisotopic (exact) mass is 272 g/mol. The number of pyridine rings is 1. The summed E-state index contributed by atoms with van der Waals surface area (Å²) in [7, 11) is 0. The fourth-order valence-corrected chi connectivity index (χ4v) is 2.80. The molecule has 1 fully saturated rings. The first-order valence-electron chi connectivity index (χ1n) is 7.22. The Labute approximate surface area is 118 Å². The van der Waals surface area contributed by atoms with E-state index in [1.54, 1.807) is 12.4 Å². The van der Waals surface area contributed by atoms with Gasteiger partial charge in [-0.1, -0.05) is 30.8 Å². The average molecular weight is 272 g/mol. The second kappa shape index (κ2) is 5.32. The van der Waals surface area contributed by atoms with Gasteiger partial charge in [0.2, 0.25) is 0 Å². The summed E-state index contributed by atoms with van der Waals surface area (Å²) in [5.41, 5.74) is 7.98. The standard InChI is InChI=1S/C15H20N4O/c1-11-8-12(10-17-9-11)13-18-14(19-20-13)15(16)6-4-2-3-5-7-15/h8-10H,2-7,16H2,1H3. The zero-order valence-corrected chi connectivity index (χ0v) is 11.8. The fraction of sp³-hybridized carbons (Fsp3) is 0.533. The van der Waals surface area contributed by atoms with E-state index in [-0.39, 0.29) is 0 Å². The molecule has 5 heteroatoms. The Morgan fingerprint density at radius 3 is 2.60 bits per heavy atom. The summed E-state index contributed by atoms with van der Waals surface area (Å²) in [6.45, 7) is 1.99. The summed E-state index contributed by atoms with van der Waals surface area (Å²) in [6.07, 6.45) is 10.1. The van der Waals surface area contributed by atoms with Crippen molar-refractivity contribution in [2.24, 2.45) is 5.73 Å². The molecule has 0 bridgehead atoms. The SMILES string of the molecule is Cc1cncc(-c2nc(C3(N)CCCCCC3)no2)c1. The number of rotatable bonds is 2. The van der Waals surface area contributed by atoms with Crippen LogP contribution in [0.25, 0.3) is 11.5 Å². The highest BCUT2D eigenvalue weighted by Gasteiger charge is 2.33.